The van der Waals surface area contributed by atoms with Crippen LogP contribution in [0.1, 0.15) is 24.2 Å². The van der Waals surface area contributed by atoms with Crippen molar-refractivity contribution < 1.29 is 24.2 Å². The number of aliphatic hydroxyl groups is 1. The summed E-state index contributed by atoms with van der Waals surface area (Å²) in [4.78, 5) is 42.3. The lowest BCUT2D eigenvalue weighted by molar-refractivity contribution is -0.134. The van der Waals surface area contributed by atoms with Crippen molar-refractivity contribution in [1.82, 2.24) is 9.80 Å². The summed E-state index contributed by atoms with van der Waals surface area (Å²) in [5, 5.41) is 9.02. The van der Waals surface area contributed by atoms with Crippen LogP contribution in [0.5, 0.6) is 5.75 Å². The number of anilines is 1. The van der Waals surface area contributed by atoms with Gasteiger partial charge in [-0.2, -0.15) is 0 Å². The molecule has 27 heavy (non-hydrogen) atoms. The number of fused-ring (bicyclic) bond motifs is 1. The maximum absolute atomic E-state index is 12.8. The highest BCUT2D eigenvalue weighted by Gasteiger charge is 2.34. The van der Waals surface area contributed by atoms with Crippen LogP contribution in [-0.2, 0) is 9.59 Å². The summed E-state index contributed by atoms with van der Waals surface area (Å²) < 4.78 is 5.62. The molecule has 0 aromatic heterocycles. The van der Waals surface area contributed by atoms with Crippen LogP contribution in [0.3, 0.4) is 0 Å². The first-order chi connectivity index (χ1) is 12.9. The molecule has 0 radical (unpaired) electrons. The first-order valence-electron chi connectivity index (χ1n) is 9.14. The van der Waals surface area contributed by atoms with E-state index >= 15 is 0 Å². The van der Waals surface area contributed by atoms with Gasteiger partial charge < -0.3 is 14.7 Å². The summed E-state index contributed by atoms with van der Waals surface area (Å²) in [6, 6.07) is 4.93. The number of carbonyl (C=O) groups excluding carboxylic acids is 3. The van der Waals surface area contributed by atoms with Crippen molar-refractivity contribution in [3.05, 3.63) is 23.8 Å². The number of rotatable bonds is 5. The van der Waals surface area contributed by atoms with Crippen LogP contribution in [0.25, 0.3) is 0 Å². The average Bonchev–Trinajstić information content (AvgIpc) is 2.65. The second-order valence-electron chi connectivity index (χ2n) is 6.87. The SMILES string of the molecule is CC(=O)c1ccc2c(c1)N(CC(=O)N1CCN(CCO)CC1)C(=O)C(C)O2. The van der Waals surface area contributed by atoms with Crippen LogP contribution in [0.4, 0.5) is 5.69 Å². The highest BCUT2D eigenvalue weighted by Crippen LogP contribution is 2.35. The van der Waals surface area contributed by atoms with Gasteiger partial charge in [0.05, 0.1) is 12.3 Å². The van der Waals surface area contributed by atoms with Crippen molar-refractivity contribution in [2.75, 3.05) is 50.8 Å². The third-order valence-corrected chi connectivity index (χ3v) is 5.01. The number of hydrogen-bond donors (Lipinski definition) is 1. The van der Waals surface area contributed by atoms with E-state index in [4.69, 9.17) is 9.84 Å². The Balaban J connectivity index is 1.76. The molecule has 0 aliphatic carbocycles. The first kappa shape index (κ1) is 19.3. The Morgan fingerprint density at radius 3 is 2.56 bits per heavy atom. The third kappa shape index (κ3) is 4.12. The summed E-state index contributed by atoms with van der Waals surface area (Å²) in [5.41, 5.74) is 0.924. The van der Waals surface area contributed by atoms with E-state index < -0.39 is 6.10 Å². The van der Waals surface area contributed by atoms with Crippen LogP contribution < -0.4 is 9.64 Å². The molecule has 1 atom stereocenters. The Hall–Kier alpha value is -2.45. The molecule has 2 aliphatic heterocycles. The van der Waals surface area contributed by atoms with Crippen molar-refractivity contribution in [3.8, 4) is 5.75 Å². The Bertz CT molecular complexity index is 743. The molecule has 0 saturated carbocycles. The molecule has 8 heteroatoms. The third-order valence-electron chi connectivity index (χ3n) is 5.01. The number of ketones is 1. The minimum absolute atomic E-state index is 0.0824. The lowest BCUT2D eigenvalue weighted by Gasteiger charge is -2.37. The minimum Gasteiger partial charge on any atom is -0.479 e. The molecule has 1 saturated heterocycles. The summed E-state index contributed by atoms with van der Waals surface area (Å²) in [5.74, 6) is -0.0569. The quantitative estimate of drug-likeness (QED) is 0.737. The van der Waals surface area contributed by atoms with Gasteiger partial charge in [-0.1, -0.05) is 0 Å². The molecule has 1 fully saturated rings. The maximum Gasteiger partial charge on any atom is 0.268 e. The van der Waals surface area contributed by atoms with Crippen LogP contribution in [-0.4, -0.2) is 84.5 Å². The number of Topliss-reactive ketones (excluding diaryl/α,β-unsaturated/α-hetero) is 1. The molecule has 0 spiro atoms. The molecule has 8 nitrogen and oxygen atoms in total. The molecule has 2 aliphatic rings. The highest BCUT2D eigenvalue weighted by atomic mass is 16.5. The normalized spacial score (nSPS) is 20.3. The van der Waals surface area contributed by atoms with Crippen LogP contribution in [0.15, 0.2) is 18.2 Å². The van der Waals surface area contributed by atoms with Gasteiger partial charge in [0.1, 0.15) is 12.3 Å². The topological polar surface area (TPSA) is 90.4 Å². The number of nitrogens with zero attached hydrogens (tertiary/aromatic N) is 3. The zero-order valence-electron chi connectivity index (χ0n) is 15.7. The zero-order chi connectivity index (χ0) is 19.6. The number of amides is 2. The number of aliphatic hydroxyl groups excluding tert-OH is 1. The van der Waals surface area contributed by atoms with Gasteiger partial charge in [-0.25, -0.2) is 0 Å². The van der Waals surface area contributed by atoms with Crippen molar-refractivity contribution in [2.24, 2.45) is 0 Å². The number of hydrogen-bond acceptors (Lipinski definition) is 6. The van der Waals surface area contributed by atoms with Gasteiger partial charge in [-0.05, 0) is 32.0 Å². The van der Waals surface area contributed by atoms with E-state index in [2.05, 4.69) is 4.90 Å². The van der Waals surface area contributed by atoms with Crippen molar-refractivity contribution in [3.63, 3.8) is 0 Å². The van der Waals surface area contributed by atoms with Gasteiger partial charge in [-0.15, -0.1) is 0 Å². The van der Waals surface area contributed by atoms with E-state index in [0.29, 0.717) is 49.7 Å². The Morgan fingerprint density at radius 1 is 1.22 bits per heavy atom. The molecule has 3 rings (SSSR count). The summed E-state index contributed by atoms with van der Waals surface area (Å²) in [7, 11) is 0. The van der Waals surface area contributed by atoms with E-state index in [1.54, 1.807) is 30.0 Å². The standard InChI is InChI=1S/C19H25N3O5/c1-13(24)15-3-4-17-16(11-15)22(19(26)14(2)27-17)12-18(25)21-7-5-20(6-8-21)9-10-23/h3-4,11,14,23H,5-10,12H2,1-2H3. The lowest BCUT2D eigenvalue weighted by atomic mass is 10.1. The predicted octanol–water partition coefficient (Wildman–Crippen LogP) is 0.140. The molecular weight excluding hydrogens is 350 g/mol. The van der Waals surface area contributed by atoms with Crippen LogP contribution in [0, 0.1) is 0 Å². The van der Waals surface area contributed by atoms with E-state index in [9.17, 15) is 14.4 Å². The molecule has 1 unspecified atom stereocenters. The highest BCUT2D eigenvalue weighted by molar-refractivity contribution is 6.05. The van der Waals surface area contributed by atoms with E-state index in [-0.39, 0.29) is 30.7 Å². The molecule has 0 bridgehead atoms. The van der Waals surface area contributed by atoms with Crippen molar-refractivity contribution >= 4 is 23.3 Å². The predicted molar refractivity (Wildman–Crippen MR) is 99.0 cm³/mol. The van der Waals surface area contributed by atoms with Gasteiger partial charge in [-0.3, -0.25) is 24.2 Å². The molecule has 1 aromatic rings. The van der Waals surface area contributed by atoms with Gasteiger partial charge in [0, 0.05) is 38.3 Å². The fraction of sp³-hybridized carbons (Fsp3) is 0.526. The largest absolute Gasteiger partial charge is 0.479 e. The zero-order valence-corrected chi connectivity index (χ0v) is 15.7. The fourth-order valence-corrected chi connectivity index (χ4v) is 3.39. The molecule has 2 heterocycles. The van der Waals surface area contributed by atoms with Gasteiger partial charge in [0.2, 0.25) is 5.91 Å². The van der Waals surface area contributed by atoms with E-state index in [1.807, 2.05) is 0 Å². The fourth-order valence-electron chi connectivity index (χ4n) is 3.39. The molecule has 1 aromatic carbocycles. The van der Waals surface area contributed by atoms with Gasteiger partial charge in [0.15, 0.2) is 11.9 Å². The monoisotopic (exact) mass is 375 g/mol. The summed E-state index contributed by atoms with van der Waals surface area (Å²) in [6.07, 6.45) is -0.685. The average molecular weight is 375 g/mol. The summed E-state index contributed by atoms with van der Waals surface area (Å²) >= 11 is 0. The van der Waals surface area contributed by atoms with Crippen molar-refractivity contribution in [1.29, 1.82) is 0 Å². The maximum atomic E-state index is 12.8. The Morgan fingerprint density at radius 2 is 1.93 bits per heavy atom. The molecular formula is C19H25N3O5. The molecule has 1 N–H and O–H groups in total. The number of benzene rings is 1. The van der Waals surface area contributed by atoms with Gasteiger partial charge in [0.25, 0.3) is 5.91 Å². The minimum atomic E-state index is -0.685. The first-order valence-corrected chi connectivity index (χ1v) is 9.14. The smallest absolute Gasteiger partial charge is 0.268 e. The summed E-state index contributed by atoms with van der Waals surface area (Å²) in [6.45, 7) is 6.25. The van der Waals surface area contributed by atoms with E-state index in [1.165, 1.54) is 11.8 Å². The number of β-amino-alcohol motifs (C(OH)–C–C–N with tert-alkyl or cyclic N) is 1. The number of carbonyl (C=O) groups is 3. The van der Waals surface area contributed by atoms with Crippen LogP contribution >= 0.6 is 0 Å². The molecule has 2 amide bonds. The Labute approximate surface area is 158 Å². The second kappa shape index (κ2) is 8.06. The lowest BCUT2D eigenvalue weighted by Crippen LogP contribution is -2.54. The van der Waals surface area contributed by atoms with E-state index in [0.717, 1.165) is 0 Å². The van der Waals surface area contributed by atoms with Gasteiger partial charge >= 0.3 is 0 Å². The molecule has 146 valence electrons. The second-order valence-corrected chi connectivity index (χ2v) is 6.87. The Kier molecular flexibility index (Phi) is 5.76. The van der Waals surface area contributed by atoms with Crippen molar-refractivity contribution in [2.45, 2.75) is 20.0 Å². The van der Waals surface area contributed by atoms with Crippen LogP contribution in [0.2, 0.25) is 0 Å². The number of ether oxygens (including phenoxy) is 1. The number of piperazine rings is 1.